The summed E-state index contributed by atoms with van der Waals surface area (Å²) in [6.07, 6.45) is 1.31. The number of rotatable bonds is 8. The highest BCUT2D eigenvalue weighted by Gasteiger charge is 2.14. The number of nitrogens with one attached hydrogen (secondary N) is 2. The second kappa shape index (κ2) is 9.01. The molecule has 2 aromatic rings. The van der Waals surface area contributed by atoms with Crippen molar-refractivity contribution in [2.75, 3.05) is 11.0 Å². The molecule has 0 aliphatic rings. The molecule has 28 heavy (non-hydrogen) atoms. The maximum atomic E-state index is 12.4. The lowest BCUT2D eigenvalue weighted by Gasteiger charge is -2.16. The average Bonchev–Trinajstić information content (AvgIpc) is 2.60. The predicted molar refractivity (Wildman–Crippen MR) is 111 cm³/mol. The van der Waals surface area contributed by atoms with Crippen LogP contribution < -0.4 is 10.0 Å². The minimum atomic E-state index is -3.37. The van der Waals surface area contributed by atoms with Gasteiger partial charge in [-0.15, -0.1) is 0 Å². The van der Waals surface area contributed by atoms with Crippen molar-refractivity contribution in [1.29, 1.82) is 0 Å². The van der Waals surface area contributed by atoms with E-state index in [0.29, 0.717) is 11.3 Å². The topological polar surface area (TPSA) is 92.3 Å². The van der Waals surface area contributed by atoms with Gasteiger partial charge in [0.15, 0.2) is 5.78 Å². The van der Waals surface area contributed by atoms with Gasteiger partial charge in [-0.25, -0.2) is 8.42 Å². The van der Waals surface area contributed by atoms with E-state index < -0.39 is 10.0 Å². The van der Waals surface area contributed by atoms with E-state index in [-0.39, 0.29) is 30.6 Å². The molecule has 0 heterocycles. The standard InChI is InChI=1S/C21H26N2O4S/c1-14-8-9-15(2)19(12-14)20(24)10-11-21(25)22-16(3)17-6-5-7-18(13-17)23-28(4,26)27/h5-9,12-13,16,23H,10-11H2,1-4H3,(H,22,25). The monoisotopic (exact) mass is 402 g/mol. The zero-order valence-corrected chi connectivity index (χ0v) is 17.4. The van der Waals surface area contributed by atoms with Crippen LogP contribution in [-0.2, 0) is 14.8 Å². The fourth-order valence-electron chi connectivity index (χ4n) is 2.88. The average molecular weight is 403 g/mol. The van der Waals surface area contributed by atoms with Crippen molar-refractivity contribution in [2.24, 2.45) is 0 Å². The SMILES string of the molecule is Cc1ccc(C)c(C(=O)CCC(=O)NC(C)c2cccc(NS(C)(=O)=O)c2)c1. The second-order valence-corrected chi connectivity index (χ2v) is 8.78. The Balaban J connectivity index is 1.95. The normalized spacial score (nSPS) is 12.3. The molecule has 0 saturated heterocycles. The lowest BCUT2D eigenvalue weighted by Crippen LogP contribution is -2.27. The van der Waals surface area contributed by atoms with E-state index in [1.807, 2.05) is 39.0 Å². The Kier molecular flexibility index (Phi) is 6.96. The van der Waals surface area contributed by atoms with E-state index in [9.17, 15) is 18.0 Å². The first-order chi connectivity index (χ1) is 13.0. The molecule has 1 amide bonds. The predicted octanol–water partition coefficient (Wildman–Crippen LogP) is 3.52. The summed E-state index contributed by atoms with van der Waals surface area (Å²) in [5, 5.41) is 2.85. The van der Waals surface area contributed by atoms with E-state index in [4.69, 9.17) is 0 Å². The van der Waals surface area contributed by atoms with E-state index in [0.717, 1.165) is 22.9 Å². The zero-order chi connectivity index (χ0) is 20.9. The molecule has 0 aliphatic heterocycles. The number of amides is 1. The second-order valence-electron chi connectivity index (χ2n) is 7.03. The Hall–Kier alpha value is -2.67. The number of sulfonamides is 1. The smallest absolute Gasteiger partial charge is 0.229 e. The number of Topliss-reactive ketones (excluding diaryl/α,β-unsaturated/α-hetero) is 1. The highest BCUT2D eigenvalue weighted by Crippen LogP contribution is 2.19. The molecule has 150 valence electrons. The molecule has 1 atom stereocenters. The molecule has 0 spiro atoms. The van der Waals surface area contributed by atoms with Crippen LogP contribution in [0.5, 0.6) is 0 Å². The number of carbonyl (C=O) groups excluding carboxylic acids is 2. The maximum absolute atomic E-state index is 12.4. The van der Waals surface area contributed by atoms with Gasteiger partial charge in [0.2, 0.25) is 15.9 Å². The number of aryl methyl sites for hydroxylation is 2. The summed E-state index contributed by atoms with van der Waals surface area (Å²) in [6.45, 7) is 5.62. The molecule has 2 N–H and O–H groups in total. The van der Waals surface area contributed by atoms with Gasteiger partial charge in [-0.1, -0.05) is 29.8 Å². The lowest BCUT2D eigenvalue weighted by molar-refractivity contribution is -0.121. The molecular weight excluding hydrogens is 376 g/mol. The first kappa shape index (κ1) is 21.6. The Bertz CT molecular complexity index is 984. The van der Waals surface area contributed by atoms with Crippen LogP contribution in [0.4, 0.5) is 5.69 Å². The molecule has 0 fully saturated rings. The Morgan fingerprint density at radius 3 is 2.43 bits per heavy atom. The van der Waals surface area contributed by atoms with Crippen molar-refractivity contribution in [3.8, 4) is 0 Å². The van der Waals surface area contributed by atoms with Crippen LogP contribution in [-0.4, -0.2) is 26.4 Å². The molecular formula is C21H26N2O4S. The van der Waals surface area contributed by atoms with Crippen LogP contribution in [0.2, 0.25) is 0 Å². The number of carbonyl (C=O) groups is 2. The highest BCUT2D eigenvalue weighted by atomic mass is 32.2. The summed E-state index contributed by atoms with van der Waals surface area (Å²) >= 11 is 0. The first-order valence-corrected chi connectivity index (χ1v) is 10.9. The van der Waals surface area contributed by atoms with Gasteiger partial charge in [0.1, 0.15) is 0 Å². The summed E-state index contributed by atoms with van der Waals surface area (Å²) in [4.78, 5) is 24.7. The van der Waals surface area contributed by atoms with Crippen molar-refractivity contribution in [3.05, 3.63) is 64.7 Å². The fraction of sp³-hybridized carbons (Fsp3) is 0.333. The molecule has 1 unspecified atom stereocenters. The van der Waals surface area contributed by atoms with E-state index in [1.165, 1.54) is 0 Å². The summed E-state index contributed by atoms with van der Waals surface area (Å²) in [6, 6.07) is 12.2. The van der Waals surface area contributed by atoms with Gasteiger partial charge in [0.05, 0.1) is 12.3 Å². The summed E-state index contributed by atoms with van der Waals surface area (Å²) < 4.78 is 25.1. The number of hydrogen-bond acceptors (Lipinski definition) is 4. The van der Waals surface area contributed by atoms with E-state index >= 15 is 0 Å². The van der Waals surface area contributed by atoms with Gasteiger partial charge >= 0.3 is 0 Å². The molecule has 2 aromatic carbocycles. The van der Waals surface area contributed by atoms with Crippen molar-refractivity contribution < 1.29 is 18.0 Å². The van der Waals surface area contributed by atoms with Crippen LogP contribution in [0.15, 0.2) is 42.5 Å². The molecule has 2 rings (SSSR count). The highest BCUT2D eigenvalue weighted by molar-refractivity contribution is 7.92. The van der Waals surface area contributed by atoms with Crippen molar-refractivity contribution in [1.82, 2.24) is 5.32 Å². The molecule has 0 aliphatic carbocycles. The molecule has 0 aromatic heterocycles. The first-order valence-electron chi connectivity index (χ1n) is 9.03. The Labute approximate surface area is 166 Å². The molecule has 7 heteroatoms. The van der Waals surface area contributed by atoms with Crippen LogP contribution in [0.1, 0.15) is 52.9 Å². The minimum absolute atomic E-state index is 0.0525. The van der Waals surface area contributed by atoms with Gasteiger partial charge in [0.25, 0.3) is 0 Å². The van der Waals surface area contributed by atoms with Crippen LogP contribution in [0.25, 0.3) is 0 Å². The third-order valence-electron chi connectivity index (χ3n) is 4.34. The fourth-order valence-corrected chi connectivity index (χ4v) is 3.44. The van der Waals surface area contributed by atoms with Crippen LogP contribution in [0, 0.1) is 13.8 Å². The molecule has 0 bridgehead atoms. The number of anilines is 1. The van der Waals surface area contributed by atoms with Crippen molar-refractivity contribution in [3.63, 3.8) is 0 Å². The third kappa shape index (κ3) is 6.49. The molecule has 0 saturated carbocycles. The van der Waals surface area contributed by atoms with Gasteiger partial charge in [-0.3, -0.25) is 14.3 Å². The minimum Gasteiger partial charge on any atom is -0.350 e. The Morgan fingerprint density at radius 2 is 1.75 bits per heavy atom. The van der Waals surface area contributed by atoms with Gasteiger partial charge in [-0.2, -0.15) is 0 Å². The van der Waals surface area contributed by atoms with Crippen molar-refractivity contribution >= 4 is 27.4 Å². The summed E-state index contributed by atoms with van der Waals surface area (Å²) in [7, 11) is -3.37. The number of hydrogen-bond donors (Lipinski definition) is 2. The number of ketones is 1. The van der Waals surface area contributed by atoms with E-state index in [2.05, 4.69) is 10.0 Å². The van der Waals surface area contributed by atoms with E-state index in [1.54, 1.807) is 24.3 Å². The quantitative estimate of drug-likeness (QED) is 0.661. The number of benzene rings is 2. The third-order valence-corrected chi connectivity index (χ3v) is 4.95. The summed E-state index contributed by atoms with van der Waals surface area (Å²) in [5.74, 6) is -0.281. The van der Waals surface area contributed by atoms with Gasteiger partial charge in [0, 0.05) is 24.1 Å². The van der Waals surface area contributed by atoms with Gasteiger partial charge in [-0.05, 0) is 50.1 Å². The molecule has 0 radical (unpaired) electrons. The van der Waals surface area contributed by atoms with Crippen molar-refractivity contribution in [2.45, 2.75) is 39.7 Å². The Morgan fingerprint density at radius 1 is 1.04 bits per heavy atom. The summed E-state index contributed by atoms with van der Waals surface area (Å²) in [5.41, 5.74) is 3.77. The van der Waals surface area contributed by atoms with Gasteiger partial charge < -0.3 is 5.32 Å². The van der Waals surface area contributed by atoms with Crippen LogP contribution in [0.3, 0.4) is 0 Å². The molecule has 6 nitrogen and oxygen atoms in total. The zero-order valence-electron chi connectivity index (χ0n) is 16.6. The largest absolute Gasteiger partial charge is 0.350 e. The van der Waals surface area contributed by atoms with Crippen LogP contribution >= 0.6 is 0 Å². The lowest BCUT2D eigenvalue weighted by atomic mass is 9.99. The maximum Gasteiger partial charge on any atom is 0.229 e.